The summed E-state index contributed by atoms with van der Waals surface area (Å²) in [7, 11) is 1.73. The Morgan fingerprint density at radius 1 is 1.56 bits per heavy atom. The third-order valence-corrected chi connectivity index (χ3v) is 3.57. The Kier molecular flexibility index (Phi) is 4.21. The van der Waals surface area contributed by atoms with Crippen molar-refractivity contribution in [2.24, 2.45) is 11.3 Å². The quantitative estimate of drug-likeness (QED) is 0.516. The van der Waals surface area contributed by atoms with Crippen molar-refractivity contribution < 1.29 is 4.74 Å². The minimum atomic E-state index is 0.334. The highest BCUT2D eigenvalue weighted by molar-refractivity contribution is 6.32. The van der Waals surface area contributed by atoms with E-state index in [4.69, 9.17) is 22.2 Å². The van der Waals surface area contributed by atoms with Crippen LogP contribution in [-0.4, -0.2) is 30.2 Å². The Bertz CT molecular complexity index is 410. The van der Waals surface area contributed by atoms with Gasteiger partial charge in [-0.25, -0.2) is 10.8 Å². The number of hydrogen-bond donors (Lipinski definition) is 3. The van der Waals surface area contributed by atoms with Crippen LogP contribution >= 0.6 is 11.6 Å². The van der Waals surface area contributed by atoms with E-state index in [1.807, 2.05) is 0 Å². The minimum absolute atomic E-state index is 0.334. The molecule has 7 heteroatoms. The predicted molar refractivity (Wildman–Crippen MR) is 71.5 cm³/mol. The van der Waals surface area contributed by atoms with Gasteiger partial charge >= 0.3 is 0 Å². The first-order valence-corrected chi connectivity index (χ1v) is 6.29. The Balaban J connectivity index is 1.93. The maximum absolute atomic E-state index is 6.03. The molecule has 6 nitrogen and oxygen atoms in total. The van der Waals surface area contributed by atoms with E-state index in [-0.39, 0.29) is 0 Å². The lowest BCUT2D eigenvalue weighted by Crippen LogP contribution is -2.19. The largest absolute Gasteiger partial charge is 0.385 e. The van der Waals surface area contributed by atoms with Crippen molar-refractivity contribution in [2.75, 3.05) is 31.0 Å². The molecule has 1 heterocycles. The van der Waals surface area contributed by atoms with Crippen molar-refractivity contribution in [3.05, 3.63) is 11.2 Å². The summed E-state index contributed by atoms with van der Waals surface area (Å²) >= 11 is 6.03. The Morgan fingerprint density at radius 2 is 2.33 bits per heavy atom. The average molecular weight is 272 g/mol. The summed E-state index contributed by atoms with van der Waals surface area (Å²) in [6.07, 6.45) is 5.02. The average Bonchev–Trinajstić information content (AvgIpc) is 3.16. The van der Waals surface area contributed by atoms with Crippen LogP contribution in [0.4, 0.5) is 11.8 Å². The number of nitrogen functional groups attached to an aromatic ring is 1. The number of hydrazine groups is 1. The van der Waals surface area contributed by atoms with E-state index in [2.05, 4.69) is 20.7 Å². The molecule has 0 spiro atoms. The lowest BCUT2D eigenvalue weighted by atomic mass is 10.0. The molecular weight excluding hydrogens is 254 g/mol. The predicted octanol–water partition coefficient (Wildman–Crippen LogP) is 1.64. The summed E-state index contributed by atoms with van der Waals surface area (Å²) in [5, 5.41) is 3.76. The summed E-state index contributed by atoms with van der Waals surface area (Å²) < 4.78 is 5.12. The summed E-state index contributed by atoms with van der Waals surface area (Å²) in [4.78, 5) is 8.11. The van der Waals surface area contributed by atoms with E-state index in [1.165, 1.54) is 19.0 Å². The molecule has 1 saturated carbocycles. The molecule has 18 heavy (non-hydrogen) atoms. The summed E-state index contributed by atoms with van der Waals surface area (Å²) in [6.45, 7) is 1.63. The van der Waals surface area contributed by atoms with Gasteiger partial charge in [0.05, 0.1) is 6.20 Å². The highest BCUT2D eigenvalue weighted by Gasteiger charge is 2.41. The van der Waals surface area contributed by atoms with E-state index >= 15 is 0 Å². The second kappa shape index (κ2) is 5.69. The van der Waals surface area contributed by atoms with Gasteiger partial charge in [0, 0.05) is 20.3 Å². The SMILES string of the molecule is COCCC1(CNc2nc(NN)ncc2Cl)CC1. The first kappa shape index (κ1) is 13.3. The second-order valence-corrected chi connectivity index (χ2v) is 5.04. The van der Waals surface area contributed by atoms with E-state index in [1.54, 1.807) is 7.11 Å². The number of hydrogen-bond acceptors (Lipinski definition) is 6. The van der Waals surface area contributed by atoms with Crippen LogP contribution in [0.15, 0.2) is 6.20 Å². The highest BCUT2D eigenvalue weighted by atomic mass is 35.5. The molecule has 0 aliphatic heterocycles. The van der Waals surface area contributed by atoms with Crippen molar-refractivity contribution >= 4 is 23.4 Å². The fourth-order valence-electron chi connectivity index (χ4n) is 1.84. The first-order chi connectivity index (χ1) is 8.69. The third-order valence-electron chi connectivity index (χ3n) is 3.30. The molecule has 0 radical (unpaired) electrons. The summed E-state index contributed by atoms with van der Waals surface area (Å²) in [5.74, 6) is 6.23. The van der Waals surface area contributed by atoms with E-state index in [9.17, 15) is 0 Å². The van der Waals surface area contributed by atoms with Crippen LogP contribution in [-0.2, 0) is 4.74 Å². The van der Waals surface area contributed by atoms with Crippen LogP contribution in [0.1, 0.15) is 19.3 Å². The molecule has 2 rings (SSSR count). The molecule has 0 atom stereocenters. The minimum Gasteiger partial charge on any atom is -0.385 e. The molecule has 4 N–H and O–H groups in total. The topological polar surface area (TPSA) is 85.1 Å². The van der Waals surface area contributed by atoms with Gasteiger partial charge in [-0.3, -0.25) is 5.43 Å². The maximum Gasteiger partial charge on any atom is 0.239 e. The Morgan fingerprint density at radius 3 is 2.94 bits per heavy atom. The monoisotopic (exact) mass is 271 g/mol. The fourth-order valence-corrected chi connectivity index (χ4v) is 2.00. The normalized spacial score (nSPS) is 16.4. The second-order valence-electron chi connectivity index (χ2n) is 4.63. The number of ether oxygens (including phenoxy) is 1. The number of methoxy groups -OCH3 is 1. The van der Waals surface area contributed by atoms with Crippen molar-refractivity contribution in [2.45, 2.75) is 19.3 Å². The number of rotatable bonds is 7. The molecule has 1 aromatic rings. The fraction of sp³-hybridized carbons (Fsp3) is 0.636. The number of aromatic nitrogens is 2. The van der Waals surface area contributed by atoms with Gasteiger partial charge < -0.3 is 10.1 Å². The molecule has 0 aromatic carbocycles. The number of nitrogens with zero attached hydrogens (tertiary/aromatic N) is 2. The molecule has 1 aliphatic rings. The van der Waals surface area contributed by atoms with E-state index < -0.39 is 0 Å². The molecule has 0 amide bonds. The zero-order chi connectivity index (χ0) is 13.0. The number of nitrogens with two attached hydrogens (primary N) is 1. The Labute approximate surface area is 111 Å². The van der Waals surface area contributed by atoms with Gasteiger partial charge in [-0.1, -0.05) is 11.6 Å². The molecule has 0 unspecified atom stereocenters. The van der Waals surface area contributed by atoms with Crippen LogP contribution in [0.5, 0.6) is 0 Å². The number of anilines is 2. The van der Waals surface area contributed by atoms with Crippen molar-refractivity contribution in [3.8, 4) is 0 Å². The molecular formula is C11H18ClN5O. The first-order valence-electron chi connectivity index (χ1n) is 5.91. The molecule has 1 aromatic heterocycles. The summed E-state index contributed by atoms with van der Waals surface area (Å²) in [5.41, 5.74) is 2.73. The van der Waals surface area contributed by atoms with Crippen LogP contribution in [0, 0.1) is 5.41 Å². The zero-order valence-electron chi connectivity index (χ0n) is 10.4. The van der Waals surface area contributed by atoms with Crippen molar-refractivity contribution in [1.82, 2.24) is 9.97 Å². The van der Waals surface area contributed by atoms with Gasteiger partial charge in [-0.05, 0) is 24.7 Å². The zero-order valence-corrected chi connectivity index (χ0v) is 11.1. The van der Waals surface area contributed by atoms with Crippen LogP contribution < -0.4 is 16.6 Å². The van der Waals surface area contributed by atoms with E-state index in [0.717, 1.165) is 19.6 Å². The lowest BCUT2D eigenvalue weighted by Gasteiger charge is -2.16. The number of halogens is 1. The van der Waals surface area contributed by atoms with E-state index in [0.29, 0.717) is 22.2 Å². The van der Waals surface area contributed by atoms with Crippen LogP contribution in [0.3, 0.4) is 0 Å². The van der Waals surface area contributed by atoms with Crippen LogP contribution in [0.25, 0.3) is 0 Å². The highest BCUT2D eigenvalue weighted by Crippen LogP contribution is 2.48. The van der Waals surface area contributed by atoms with Crippen molar-refractivity contribution in [1.29, 1.82) is 0 Å². The molecule has 1 aliphatic carbocycles. The maximum atomic E-state index is 6.03. The van der Waals surface area contributed by atoms with Gasteiger partial charge in [0.1, 0.15) is 5.02 Å². The Hall–Kier alpha value is -1.11. The molecule has 0 saturated heterocycles. The molecule has 1 fully saturated rings. The third kappa shape index (κ3) is 3.22. The van der Waals surface area contributed by atoms with Crippen molar-refractivity contribution in [3.63, 3.8) is 0 Å². The molecule has 0 bridgehead atoms. The number of nitrogens with one attached hydrogen (secondary N) is 2. The molecule has 100 valence electrons. The lowest BCUT2D eigenvalue weighted by molar-refractivity contribution is 0.175. The van der Waals surface area contributed by atoms with Gasteiger partial charge in [0.25, 0.3) is 0 Å². The summed E-state index contributed by atoms with van der Waals surface area (Å²) in [6, 6.07) is 0. The van der Waals surface area contributed by atoms with Gasteiger partial charge in [0.2, 0.25) is 5.95 Å². The smallest absolute Gasteiger partial charge is 0.239 e. The van der Waals surface area contributed by atoms with Gasteiger partial charge in [0.15, 0.2) is 5.82 Å². The standard InChI is InChI=1S/C11H18ClN5O/c1-18-5-4-11(2-3-11)7-15-9-8(12)6-14-10(16-9)17-13/h6H,2-5,7,13H2,1H3,(H2,14,15,16,17). The van der Waals surface area contributed by atoms with Gasteiger partial charge in [-0.15, -0.1) is 0 Å². The van der Waals surface area contributed by atoms with Gasteiger partial charge in [-0.2, -0.15) is 4.98 Å². The van der Waals surface area contributed by atoms with Crippen LogP contribution in [0.2, 0.25) is 5.02 Å².